The summed E-state index contributed by atoms with van der Waals surface area (Å²) in [4.78, 5) is 16.9. The topological polar surface area (TPSA) is 64.4 Å². The van der Waals surface area contributed by atoms with Crippen LogP contribution in [0.5, 0.6) is 5.75 Å². The van der Waals surface area contributed by atoms with Gasteiger partial charge in [0.05, 0.1) is 12.0 Å². The Kier molecular flexibility index (Phi) is 4.04. The fourth-order valence-corrected chi connectivity index (χ4v) is 3.18. The lowest BCUT2D eigenvalue weighted by Gasteiger charge is -2.06. The molecule has 1 aromatic carbocycles. The van der Waals surface area contributed by atoms with Gasteiger partial charge in [-0.15, -0.1) is 11.3 Å². The van der Waals surface area contributed by atoms with Gasteiger partial charge in [0.25, 0.3) is 5.91 Å². The van der Waals surface area contributed by atoms with Crippen LogP contribution in [0, 0.1) is 0 Å². The van der Waals surface area contributed by atoms with Crippen LogP contribution in [0.25, 0.3) is 0 Å². The number of nitrogens with zero attached hydrogens (tertiary/aromatic N) is 1. The fourth-order valence-electron chi connectivity index (χ4n) is 2.39. The minimum atomic E-state index is -0.302. The van der Waals surface area contributed by atoms with Gasteiger partial charge in [-0.3, -0.25) is 10.1 Å². The molecular formula is C18H16N2O3S. The minimum Gasteiger partial charge on any atom is -0.489 e. The van der Waals surface area contributed by atoms with Crippen molar-refractivity contribution >= 4 is 22.4 Å². The van der Waals surface area contributed by atoms with Crippen LogP contribution in [-0.2, 0) is 6.61 Å². The van der Waals surface area contributed by atoms with Gasteiger partial charge in [0.15, 0.2) is 10.9 Å². The highest BCUT2D eigenvalue weighted by atomic mass is 32.1. The minimum absolute atomic E-state index is 0.258. The van der Waals surface area contributed by atoms with Crippen molar-refractivity contribution in [3.05, 3.63) is 65.1 Å². The van der Waals surface area contributed by atoms with E-state index in [-0.39, 0.29) is 18.3 Å². The van der Waals surface area contributed by atoms with Gasteiger partial charge in [-0.05, 0) is 31.0 Å². The second-order valence-electron chi connectivity index (χ2n) is 5.68. The van der Waals surface area contributed by atoms with Crippen LogP contribution < -0.4 is 10.1 Å². The molecule has 0 bridgehead atoms. The van der Waals surface area contributed by atoms with E-state index >= 15 is 0 Å². The van der Waals surface area contributed by atoms with E-state index in [1.807, 2.05) is 35.7 Å². The maximum Gasteiger partial charge on any atom is 0.293 e. The first kappa shape index (κ1) is 15.0. The van der Waals surface area contributed by atoms with E-state index < -0.39 is 0 Å². The van der Waals surface area contributed by atoms with Gasteiger partial charge >= 0.3 is 0 Å². The molecule has 1 fully saturated rings. The summed E-state index contributed by atoms with van der Waals surface area (Å²) in [6, 6.07) is 11.2. The van der Waals surface area contributed by atoms with E-state index in [1.54, 1.807) is 6.07 Å². The Labute approximate surface area is 143 Å². The van der Waals surface area contributed by atoms with Crippen molar-refractivity contribution in [2.24, 2.45) is 0 Å². The summed E-state index contributed by atoms with van der Waals surface area (Å²) >= 11 is 1.44. The Morgan fingerprint density at radius 3 is 2.92 bits per heavy atom. The zero-order valence-corrected chi connectivity index (χ0v) is 13.7. The average Bonchev–Trinajstić information content (AvgIpc) is 3.17. The number of hydrogen-bond donors (Lipinski definition) is 1. The van der Waals surface area contributed by atoms with Crippen LogP contribution in [0.1, 0.15) is 40.6 Å². The normalized spacial score (nSPS) is 13.7. The molecule has 1 aliphatic rings. The van der Waals surface area contributed by atoms with E-state index in [9.17, 15) is 4.79 Å². The molecule has 5 nitrogen and oxygen atoms in total. The van der Waals surface area contributed by atoms with Gasteiger partial charge in [0.1, 0.15) is 12.4 Å². The van der Waals surface area contributed by atoms with Crippen LogP contribution in [0.2, 0.25) is 0 Å². The third kappa shape index (κ3) is 3.33. The number of anilines is 1. The molecule has 4 rings (SSSR count). The number of amides is 1. The van der Waals surface area contributed by atoms with Crippen molar-refractivity contribution < 1.29 is 13.9 Å². The van der Waals surface area contributed by atoms with Crippen molar-refractivity contribution in [3.63, 3.8) is 0 Å². The van der Waals surface area contributed by atoms with Gasteiger partial charge in [-0.2, -0.15) is 0 Å². The number of carbonyl (C=O) groups is 1. The standard InChI is InChI=1S/C18H16N2O3S/c21-17(20-18-19-15(11-24-18)12-6-7-12)16-13(8-9-22-16)10-23-14-4-2-1-3-5-14/h1-5,8-9,11-12H,6-7,10H2,(H,19,20,21). The second-order valence-corrected chi connectivity index (χ2v) is 6.54. The Balaban J connectivity index is 1.41. The number of ether oxygens (including phenoxy) is 1. The first-order valence-electron chi connectivity index (χ1n) is 7.80. The molecule has 1 N–H and O–H groups in total. The van der Waals surface area contributed by atoms with Crippen LogP contribution in [0.4, 0.5) is 5.13 Å². The number of para-hydroxylation sites is 1. The van der Waals surface area contributed by atoms with E-state index in [1.165, 1.54) is 30.4 Å². The molecule has 122 valence electrons. The molecule has 1 aliphatic carbocycles. The molecule has 1 amide bonds. The molecule has 0 atom stereocenters. The lowest BCUT2D eigenvalue weighted by molar-refractivity contribution is 0.0993. The van der Waals surface area contributed by atoms with Gasteiger partial charge in [-0.25, -0.2) is 4.98 Å². The monoisotopic (exact) mass is 340 g/mol. The molecule has 24 heavy (non-hydrogen) atoms. The summed E-state index contributed by atoms with van der Waals surface area (Å²) in [5.74, 6) is 1.28. The zero-order chi connectivity index (χ0) is 16.4. The average molecular weight is 340 g/mol. The Bertz CT molecular complexity index is 837. The molecule has 0 radical (unpaired) electrons. The highest BCUT2D eigenvalue weighted by Gasteiger charge is 2.26. The highest BCUT2D eigenvalue weighted by Crippen LogP contribution is 2.40. The molecule has 0 spiro atoms. The SMILES string of the molecule is O=C(Nc1nc(C2CC2)cs1)c1occc1COc1ccccc1. The van der Waals surface area contributed by atoms with Gasteiger partial charge in [0, 0.05) is 16.9 Å². The summed E-state index contributed by atoms with van der Waals surface area (Å²) in [5, 5.41) is 5.42. The smallest absolute Gasteiger partial charge is 0.293 e. The fraction of sp³-hybridized carbons (Fsp3) is 0.222. The predicted octanol–water partition coefficient (Wildman–Crippen LogP) is 4.44. The summed E-state index contributed by atoms with van der Waals surface area (Å²) in [7, 11) is 0. The van der Waals surface area contributed by atoms with E-state index in [0.29, 0.717) is 16.6 Å². The summed E-state index contributed by atoms with van der Waals surface area (Å²) in [6.45, 7) is 0.272. The molecule has 0 aliphatic heterocycles. The number of benzene rings is 1. The molecule has 3 aromatic rings. The van der Waals surface area contributed by atoms with Crippen molar-refractivity contribution in [2.75, 3.05) is 5.32 Å². The molecule has 6 heteroatoms. The van der Waals surface area contributed by atoms with Crippen molar-refractivity contribution in [1.29, 1.82) is 0 Å². The van der Waals surface area contributed by atoms with Gasteiger partial charge in [0.2, 0.25) is 0 Å². The van der Waals surface area contributed by atoms with Crippen molar-refractivity contribution in [1.82, 2.24) is 4.98 Å². The number of nitrogens with one attached hydrogen (secondary N) is 1. The molecule has 0 unspecified atom stereocenters. The van der Waals surface area contributed by atoms with E-state index in [0.717, 1.165) is 11.4 Å². The third-order valence-electron chi connectivity index (χ3n) is 3.83. The maximum atomic E-state index is 12.4. The Morgan fingerprint density at radius 1 is 1.29 bits per heavy atom. The highest BCUT2D eigenvalue weighted by molar-refractivity contribution is 7.14. The number of furan rings is 1. The van der Waals surface area contributed by atoms with Crippen LogP contribution in [0.15, 0.2) is 52.5 Å². The molecular weight excluding hydrogens is 324 g/mol. The molecule has 0 saturated heterocycles. The number of aromatic nitrogens is 1. The quantitative estimate of drug-likeness (QED) is 0.720. The summed E-state index contributed by atoms with van der Waals surface area (Å²) < 4.78 is 11.0. The number of hydrogen-bond acceptors (Lipinski definition) is 5. The molecule has 2 heterocycles. The largest absolute Gasteiger partial charge is 0.489 e. The third-order valence-corrected chi connectivity index (χ3v) is 4.60. The zero-order valence-electron chi connectivity index (χ0n) is 12.9. The van der Waals surface area contributed by atoms with Gasteiger partial charge < -0.3 is 9.15 Å². The van der Waals surface area contributed by atoms with Crippen LogP contribution in [-0.4, -0.2) is 10.9 Å². The lowest BCUT2D eigenvalue weighted by atomic mass is 10.2. The Morgan fingerprint density at radius 2 is 2.12 bits per heavy atom. The van der Waals surface area contributed by atoms with Crippen LogP contribution >= 0.6 is 11.3 Å². The Hall–Kier alpha value is -2.60. The van der Waals surface area contributed by atoms with Gasteiger partial charge in [-0.1, -0.05) is 18.2 Å². The van der Waals surface area contributed by atoms with Crippen molar-refractivity contribution in [2.45, 2.75) is 25.4 Å². The van der Waals surface area contributed by atoms with E-state index in [4.69, 9.17) is 9.15 Å². The van der Waals surface area contributed by atoms with Crippen LogP contribution in [0.3, 0.4) is 0 Å². The predicted molar refractivity (Wildman–Crippen MR) is 91.5 cm³/mol. The summed E-state index contributed by atoms with van der Waals surface area (Å²) in [5.41, 5.74) is 1.78. The maximum absolute atomic E-state index is 12.4. The van der Waals surface area contributed by atoms with Crippen molar-refractivity contribution in [3.8, 4) is 5.75 Å². The summed E-state index contributed by atoms with van der Waals surface area (Å²) in [6.07, 6.45) is 3.88. The molecule has 2 aromatic heterocycles. The second kappa shape index (κ2) is 6.49. The van der Waals surface area contributed by atoms with E-state index in [2.05, 4.69) is 10.3 Å². The lowest BCUT2D eigenvalue weighted by Crippen LogP contribution is -2.13. The first-order chi connectivity index (χ1) is 11.8. The number of thiazole rings is 1. The first-order valence-corrected chi connectivity index (χ1v) is 8.68. The number of carbonyl (C=O) groups excluding carboxylic acids is 1. The number of rotatable bonds is 6. The molecule has 1 saturated carbocycles.